The lowest BCUT2D eigenvalue weighted by atomic mass is 10.2. The summed E-state index contributed by atoms with van der Waals surface area (Å²) in [7, 11) is 0. The van der Waals surface area contributed by atoms with E-state index in [-0.39, 0.29) is 0 Å². The largest absolute Gasteiger partial charge is 0.312 e. The highest BCUT2D eigenvalue weighted by Gasteiger charge is 2.06. The minimum atomic E-state index is 0.460. The van der Waals surface area contributed by atoms with Crippen LogP contribution in [0.3, 0.4) is 0 Å². The number of rotatable bonds is 5. The standard InChI is InChI=1S/C13H15ClN2S/c1-10(13-16-6-7-17-13)8-15-9-11-2-4-12(14)5-3-11/h2-7,10,15H,8-9H2,1H3. The molecule has 17 heavy (non-hydrogen) atoms. The van der Waals surface area contributed by atoms with Crippen molar-refractivity contribution in [2.45, 2.75) is 19.4 Å². The third-order valence-corrected chi connectivity index (χ3v) is 3.82. The third kappa shape index (κ3) is 3.80. The average molecular weight is 267 g/mol. The first-order chi connectivity index (χ1) is 8.25. The van der Waals surface area contributed by atoms with Gasteiger partial charge in [0, 0.05) is 35.6 Å². The van der Waals surface area contributed by atoms with Gasteiger partial charge < -0.3 is 5.32 Å². The number of thiazole rings is 1. The Bertz CT molecular complexity index is 439. The summed E-state index contributed by atoms with van der Waals surface area (Å²) in [6, 6.07) is 7.93. The van der Waals surface area contributed by atoms with Crippen LogP contribution in [0, 0.1) is 0 Å². The predicted molar refractivity (Wildman–Crippen MR) is 73.7 cm³/mol. The molecule has 0 aliphatic rings. The molecule has 2 nitrogen and oxygen atoms in total. The predicted octanol–water partition coefficient (Wildman–Crippen LogP) is 3.69. The molecule has 1 atom stereocenters. The van der Waals surface area contributed by atoms with Gasteiger partial charge in [0.15, 0.2) is 0 Å². The van der Waals surface area contributed by atoms with E-state index in [1.54, 1.807) is 11.3 Å². The number of hydrogen-bond acceptors (Lipinski definition) is 3. The van der Waals surface area contributed by atoms with Crippen molar-refractivity contribution >= 4 is 22.9 Å². The maximum Gasteiger partial charge on any atom is 0.0965 e. The monoisotopic (exact) mass is 266 g/mol. The van der Waals surface area contributed by atoms with E-state index in [9.17, 15) is 0 Å². The van der Waals surface area contributed by atoms with E-state index in [0.29, 0.717) is 5.92 Å². The van der Waals surface area contributed by atoms with E-state index in [0.717, 1.165) is 18.1 Å². The van der Waals surface area contributed by atoms with Crippen molar-refractivity contribution in [2.24, 2.45) is 0 Å². The summed E-state index contributed by atoms with van der Waals surface area (Å²) in [5.41, 5.74) is 1.25. The fourth-order valence-corrected chi connectivity index (χ4v) is 2.42. The van der Waals surface area contributed by atoms with Crippen LogP contribution in [0.4, 0.5) is 0 Å². The molecule has 0 aliphatic heterocycles. The summed E-state index contributed by atoms with van der Waals surface area (Å²) >= 11 is 7.55. The molecule has 0 aliphatic carbocycles. The van der Waals surface area contributed by atoms with Crippen LogP contribution in [0.1, 0.15) is 23.4 Å². The van der Waals surface area contributed by atoms with Crippen molar-refractivity contribution in [1.29, 1.82) is 0 Å². The van der Waals surface area contributed by atoms with Gasteiger partial charge in [-0.15, -0.1) is 11.3 Å². The van der Waals surface area contributed by atoms with Gasteiger partial charge in [-0.3, -0.25) is 0 Å². The second-order valence-corrected chi connectivity index (χ2v) is 5.39. The van der Waals surface area contributed by atoms with Crippen molar-refractivity contribution in [3.63, 3.8) is 0 Å². The van der Waals surface area contributed by atoms with Gasteiger partial charge in [-0.25, -0.2) is 4.98 Å². The van der Waals surface area contributed by atoms with Crippen LogP contribution in [-0.4, -0.2) is 11.5 Å². The number of nitrogens with zero attached hydrogens (tertiary/aromatic N) is 1. The zero-order valence-corrected chi connectivity index (χ0v) is 11.3. The zero-order valence-electron chi connectivity index (χ0n) is 9.69. The van der Waals surface area contributed by atoms with Crippen LogP contribution in [0.25, 0.3) is 0 Å². The first-order valence-electron chi connectivity index (χ1n) is 5.60. The highest BCUT2D eigenvalue weighted by molar-refractivity contribution is 7.09. The number of halogens is 1. The summed E-state index contributed by atoms with van der Waals surface area (Å²) in [4.78, 5) is 4.31. The lowest BCUT2D eigenvalue weighted by Gasteiger charge is -2.10. The Morgan fingerprint density at radius 1 is 1.35 bits per heavy atom. The molecule has 0 saturated carbocycles. The summed E-state index contributed by atoms with van der Waals surface area (Å²) in [6.45, 7) is 4.00. The Hall–Kier alpha value is -0.900. The van der Waals surface area contributed by atoms with Gasteiger partial charge in [0.2, 0.25) is 0 Å². The van der Waals surface area contributed by atoms with Crippen molar-refractivity contribution in [2.75, 3.05) is 6.54 Å². The Kier molecular flexibility index (Phi) is 4.54. The molecule has 2 rings (SSSR count). The van der Waals surface area contributed by atoms with Crippen LogP contribution >= 0.6 is 22.9 Å². The molecule has 1 aromatic carbocycles. The van der Waals surface area contributed by atoms with Crippen molar-refractivity contribution in [3.8, 4) is 0 Å². The molecule has 1 N–H and O–H groups in total. The summed E-state index contributed by atoms with van der Waals surface area (Å²) < 4.78 is 0. The minimum Gasteiger partial charge on any atom is -0.312 e. The Balaban J connectivity index is 1.78. The number of nitrogens with one attached hydrogen (secondary N) is 1. The molecule has 1 unspecified atom stereocenters. The minimum absolute atomic E-state index is 0.460. The SMILES string of the molecule is CC(CNCc1ccc(Cl)cc1)c1nccs1. The topological polar surface area (TPSA) is 24.9 Å². The first-order valence-corrected chi connectivity index (χ1v) is 6.86. The Morgan fingerprint density at radius 3 is 2.76 bits per heavy atom. The molecule has 90 valence electrons. The van der Waals surface area contributed by atoms with Gasteiger partial charge in [-0.1, -0.05) is 30.7 Å². The van der Waals surface area contributed by atoms with Gasteiger partial charge in [-0.2, -0.15) is 0 Å². The van der Waals surface area contributed by atoms with E-state index in [1.165, 1.54) is 10.6 Å². The number of hydrogen-bond donors (Lipinski definition) is 1. The molecular weight excluding hydrogens is 252 g/mol. The van der Waals surface area contributed by atoms with Crippen molar-refractivity contribution in [1.82, 2.24) is 10.3 Å². The molecule has 0 bridgehead atoms. The first kappa shape index (κ1) is 12.6. The molecule has 2 aromatic rings. The molecule has 1 aromatic heterocycles. The van der Waals surface area contributed by atoms with E-state index in [4.69, 9.17) is 11.6 Å². The molecule has 0 radical (unpaired) electrons. The van der Waals surface area contributed by atoms with Crippen molar-refractivity contribution in [3.05, 3.63) is 51.4 Å². The quantitative estimate of drug-likeness (QED) is 0.893. The van der Waals surface area contributed by atoms with Crippen molar-refractivity contribution < 1.29 is 0 Å². The fraction of sp³-hybridized carbons (Fsp3) is 0.308. The van der Waals surface area contributed by atoms with Gasteiger partial charge in [0.05, 0.1) is 5.01 Å². The van der Waals surface area contributed by atoms with Crippen LogP contribution < -0.4 is 5.32 Å². The highest BCUT2D eigenvalue weighted by Crippen LogP contribution is 2.16. The van der Waals surface area contributed by atoms with Crippen LogP contribution in [0.15, 0.2) is 35.8 Å². The summed E-state index contributed by atoms with van der Waals surface area (Å²) in [5.74, 6) is 0.460. The van der Waals surface area contributed by atoms with Gasteiger partial charge in [-0.05, 0) is 17.7 Å². The second-order valence-electron chi connectivity index (χ2n) is 4.03. The molecule has 0 spiro atoms. The molecule has 4 heteroatoms. The molecule has 0 saturated heterocycles. The second kappa shape index (κ2) is 6.15. The number of benzene rings is 1. The molecule has 0 amide bonds. The van der Waals surface area contributed by atoms with Gasteiger partial charge >= 0.3 is 0 Å². The van der Waals surface area contributed by atoms with Crippen LogP contribution in [0.2, 0.25) is 5.02 Å². The smallest absolute Gasteiger partial charge is 0.0965 e. The summed E-state index contributed by atoms with van der Waals surface area (Å²) in [5, 5.41) is 7.42. The van der Waals surface area contributed by atoms with Gasteiger partial charge in [0.25, 0.3) is 0 Å². The molecule has 0 fully saturated rings. The molecule has 1 heterocycles. The summed E-state index contributed by atoms with van der Waals surface area (Å²) in [6.07, 6.45) is 1.86. The fourth-order valence-electron chi connectivity index (χ4n) is 1.60. The number of aromatic nitrogens is 1. The average Bonchev–Trinajstić information content (AvgIpc) is 2.85. The van der Waals surface area contributed by atoms with Crippen LogP contribution in [0.5, 0.6) is 0 Å². The normalized spacial score (nSPS) is 12.6. The maximum atomic E-state index is 5.84. The van der Waals surface area contributed by atoms with E-state index < -0.39 is 0 Å². The Labute approximate surface area is 111 Å². The maximum absolute atomic E-state index is 5.84. The van der Waals surface area contributed by atoms with Gasteiger partial charge in [0.1, 0.15) is 0 Å². The van der Waals surface area contributed by atoms with E-state index in [1.807, 2.05) is 35.8 Å². The lowest BCUT2D eigenvalue weighted by molar-refractivity contribution is 0.613. The van der Waals surface area contributed by atoms with E-state index >= 15 is 0 Å². The molecular formula is C13H15ClN2S. The third-order valence-electron chi connectivity index (χ3n) is 2.57. The zero-order chi connectivity index (χ0) is 12.1. The lowest BCUT2D eigenvalue weighted by Crippen LogP contribution is -2.19. The Morgan fingerprint density at radius 2 is 2.12 bits per heavy atom. The van der Waals surface area contributed by atoms with Crippen LogP contribution in [-0.2, 0) is 6.54 Å². The highest BCUT2D eigenvalue weighted by atomic mass is 35.5. The van der Waals surface area contributed by atoms with E-state index in [2.05, 4.69) is 17.2 Å².